The lowest BCUT2D eigenvalue weighted by Gasteiger charge is -2.11. The second-order valence-electron chi connectivity index (χ2n) is 6.31. The van der Waals surface area contributed by atoms with Crippen LogP contribution in [0.15, 0.2) is 64.7 Å². The van der Waals surface area contributed by atoms with Crippen LogP contribution in [0.3, 0.4) is 0 Å². The number of aromatic carboxylic acids is 1. The Kier molecular flexibility index (Phi) is 5.07. The number of carbonyl (C=O) groups is 3. The van der Waals surface area contributed by atoms with Crippen LogP contribution in [0.5, 0.6) is 0 Å². The van der Waals surface area contributed by atoms with E-state index < -0.39 is 17.9 Å². The summed E-state index contributed by atoms with van der Waals surface area (Å²) in [6, 6.07) is 13.2. The molecule has 0 aliphatic carbocycles. The summed E-state index contributed by atoms with van der Waals surface area (Å²) in [4.78, 5) is 37.1. The fraction of sp³-hybridized carbons (Fsp3) is 0. The quantitative estimate of drug-likeness (QED) is 0.434. The topological polar surface area (TPSA) is 99.9 Å². The van der Waals surface area contributed by atoms with Crippen molar-refractivity contribution in [3.63, 3.8) is 0 Å². The Morgan fingerprint density at radius 2 is 1.87 bits per heavy atom. The number of imide groups is 1. The molecule has 4 rings (SSSR count). The van der Waals surface area contributed by atoms with Gasteiger partial charge in [0.15, 0.2) is 0 Å². The van der Waals surface area contributed by atoms with Gasteiger partial charge in [-0.25, -0.2) is 14.5 Å². The molecule has 2 heterocycles. The van der Waals surface area contributed by atoms with Gasteiger partial charge in [0.1, 0.15) is 17.2 Å². The van der Waals surface area contributed by atoms with E-state index in [1.54, 1.807) is 30.3 Å². The van der Waals surface area contributed by atoms with Gasteiger partial charge < -0.3 is 14.8 Å². The first-order valence-electron chi connectivity index (χ1n) is 8.59. The summed E-state index contributed by atoms with van der Waals surface area (Å²) in [5.41, 5.74) is 0.807. The lowest BCUT2D eigenvalue weighted by molar-refractivity contribution is -0.113. The maximum absolute atomic E-state index is 12.7. The second kappa shape index (κ2) is 7.70. The van der Waals surface area contributed by atoms with Crippen LogP contribution in [0, 0.1) is 0 Å². The first-order chi connectivity index (χ1) is 14.3. The summed E-state index contributed by atoms with van der Waals surface area (Å²) >= 11 is 12.1. The zero-order valence-corrected chi connectivity index (χ0v) is 16.6. The molecule has 1 fully saturated rings. The number of anilines is 1. The number of carboxylic acid groups (broad SMARTS) is 1. The molecule has 3 amide bonds. The van der Waals surface area contributed by atoms with Crippen molar-refractivity contribution in [1.29, 1.82) is 0 Å². The van der Waals surface area contributed by atoms with Gasteiger partial charge in [0.05, 0.1) is 16.3 Å². The molecular weight excluding hydrogens is 431 g/mol. The number of nitrogens with one attached hydrogen (secondary N) is 1. The van der Waals surface area contributed by atoms with Crippen LogP contribution < -0.4 is 10.2 Å². The zero-order chi connectivity index (χ0) is 21.4. The average Bonchev–Trinajstić information content (AvgIpc) is 3.26. The lowest BCUT2D eigenvalue weighted by atomic mass is 10.1. The molecule has 30 heavy (non-hydrogen) atoms. The molecule has 1 aliphatic heterocycles. The summed E-state index contributed by atoms with van der Waals surface area (Å²) < 4.78 is 5.69. The Hall–Kier alpha value is -3.55. The van der Waals surface area contributed by atoms with Crippen LogP contribution in [0.25, 0.3) is 17.4 Å². The highest BCUT2D eigenvalue weighted by Crippen LogP contribution is 2.31. The highest BCUT2D eigenvalue weighted by molar-refractivity contribution is 6.33. The average molecular weight is 443 g/mol. The Balaban J connectivity index is 1.64. The van der Waals surface area contributed by atoms with Crippen molar-refractivity contribution in [1.82, 2.24) is 5.32 Å². The van der Waals surface area contributed by atoms with E-state index in [0.717, 1.165) is 4.90 Å². The van der Waals surface area contributed by atoms with E-state index in [4.69, 9.17) is 32.7 Å². The number of rotatable bonds is 4. The minimum absolute atomic E-state index is 0.0197. The fourth-order valence-electron chi connectivity index (χ4n) is 2.95. The van der Waals surface area contributed by atoms with Crippen LogP contribution in [0.4, 0.5) is 10.5 Å². The third-order valence-corrected chi connectivity index (χ3v) is 4.90. The number of carbonyl (C=O) groups excluding carboxylic acids is 2. The number of hydrogen-bond acceptors (Lipinski definition) is 4. The minimum atomic E-state index is -1.10. The summed E-state index contributed by atoms with van der Waals surface area (Å²) in [7, 11) is 0. The number of amides is 3. The first kappa shape index (κ1) is 19.8. The molecule has 0 spiro atoms. The Bertz CT molecular complexity index is 1230. The third kappa shape index (κ3) is 3.68. The van der Waals surface area contributed by atoms with Gasteiger partial charge in [0.25, 0.3) is 5.91 Å². The summed E-state index contributed by atoms with van der Waals surface area (Å²) in [5, 5.41) is 12.4. The van der Waals surface area contributed by atoms with Crippen LogP contribution in [0.2, 0.25) is 10.0 Å². The van der Waals surface area contributed by atoms with Crippen LogP contribution in [-0.4, -0.2) is 23.0 Å². The molecule has 0 atom stereocenters. The molecule has 0 radical (unpaired) electrons. The number of furan rings is 1. The number of halogens is 2. The minimum Gasteiger partial charge on any atom is -0.478 e. The van der Waals surface area contributed by atoms with Crippen LogP contribution in [0.1, 0.15) is 16.1 Å². The molecule has 1 aromatic heterocycles. The molecule has 0 unspecified atom stereocenters. The molecule has 9 heteroatoms. The highest BCUT2D eigenvalue weighted by Gasteiger charge is 2.35. The van der Waals surface area contributed by atoms with E-state index in [1.165, 1.54) is 30.3 Å². The normalized spacial score (nSPS) is 15.0. The van der Waals surface area contributed by atoms with Crippen LogP contribution in [-0.2, 0) is 4.79 Å². The molecule has 7 nitrogen and oxygen atoms in total. The van der Waals surface area contributed by atoms with Gasteiger partial charge in [-0.15, -0.1) is 0 Å². The van der Waals surface area contributed by atoms with Crippen LogP contribution >= 0.6 is 23.2 Å². The van der Waals surface area contributed by atoms with Crippen molar-refractivity contribution in [2.24, 2.45) is 0 Å². The Labute approximate surface area is 180 Å². The van der Waals surface area contributed by atoms with E-state index in [1.807, 2.05) is 0 Å². The molecule has 0 bridgehead atoms. The monoisotopic (exact) mass is 442 g/mol. The maximum atomic E-state index is 12.7. The summed E-state index contributed by atoms with van der Waals surface area (Å²) in [6.07, 6.45) is 1.38. The predicted octanol–water partition coefficient (Wildman–Crippen LogP) is 5.05. The van der Waals surface area contributed by atoms with E-state index in [-0.39, 0.29) is 17.0 Å². The van der Waals surface area contributed by atoms with Gasteiger partial charge in [-0.1, -0.05) is 29.3 Å². The molecule has 1 saturated heterocycles. The molecule has 2 aromatic carbocycles. The molecule has 0 saturated carbocycles. The van der Waals surface area contributed by atoms with Gasteiger partial charge in [-0.05, 0) is 48.5 Å². The van der Waals surface area contributed by atoms with Crippen molar-refractivity contribution in [2.45, 2.75) is 0 Å². The Morgan fingerprint density at radius 1 is 1.07 bits per heavy atom. The number of carboxylic acids is 1. The number of benzene rings is 2. The standard InChI is InChI=1S/C21H12Cl2N2O5/c22-12-2-1-3-13(9-12)25-19(26)17(24-21(25)29)10-14-5-7-18(30-14)15-8-11(20(27)28)4-6-16(15)23/h1-10H,(H,24,29)(H,27,28). The maximum Gasteiger partial charge on any atom is 0.335 e. The van der Waals surface area contributed by atoms with Gasteiger partial charge >= 0.3 is 12.0 Å². The molecule has 150 valence electrons. The number of nitrogens with zero attached hydrogens (tertiary/aromatic N) is 1. The molecule has 2 N–H and O–H groups in total. The number of urea groups is 1. The van der Waals surface area contributed by atoms with E-state index >= 15 is 0 Å². The second-order valence-corrected chi connectivity index (χ2v) is 7.15. The van der Waals surface area contributed by atoms with E-state index in [0.29, 0.717) is 27.1 Å². The van der Waals surface area contributed by atoms with Crippen molar-refractivity contribution >= 4 is 52.9 Å². The van der Waals surface area contributed by atoms with Crippen molar-refractivity contribution in [3.8, 4) is 11.3 Å². The molecule has 3 aromatic rings. The highest BCUT2D eigenvalue weighted by atomic mass is 35.5. The summed E-state index contributed by atoms with van der Waals surface area (Å²) in [6.45, 7) is 0. The largest absolute Gasteiger partial charge is 0.478 e. The fourth-order valence-corrected chi connectivity index (χ4v) is 3.34. The first-order valence-corrected chi connectivity index (χ1v) is 9.35. The SMILES string of the molecule is O=C(O)c1ccc(Cl)c(-c2ccc(C=C3NC(=O)N(c4cccc(Cl)c4)C3=O)o2)c1. The van der Waals surface area contributed by atoms with Crippen molar-refractivity contribution < 1.29 is 23.9 Å². The molecule has 1 aliphatic rings. The van der Waals surface area contributed by atoms with Crippen molar-refractivity contribution in [3.05, 3.63) is 81.7 Å². The Morgan fingerprint density at radius 3 is 2.60 bits per heavy atom. The zero-order valence-electron chi connectivity index (χ0n) is 15.1. The van der Waals surface area contributed by atoms with E-state index in [2.05, 4.69) is 5.32 Å². The summed E-state index contributed by atoms with van der Waals surface area (Å²) in [5.74, 6) is -1.06. The lowest BCUT2D eigenvalue weighted by Crippen LogP contribution is -2.30. The van der Waals surface area contributed by atoms with Gasteiger partial charge in [0.2, 0.25) is 0 Å². The third-order valence-electron chi connectivity index (χ3n) is 4.34. The smallest absolute Gasteiger partial charge is 0.335 e. The predicted molar refractivity (Wildman–Crippen MR) is 112 cm³/mol. The van der Waals surface area contributed by atoms with Gasteiger partial charge in [0, 0.05) is 16.7 Å². The van der Waals surface area contributed by atoms with Gasteiger partial charge in [-0.2, -0.15) is 0 Å². The molecular formula is C21H12Cl2N2O5. The number of hydrogen-bond donors (Lipinski definition) is 2. The van der Waals surface area contributed by atoms with Crippen molar-refractivity contribution in [2.75, 3.05) is 4.90 Å². The van der Waals surface area contributed by atoms with E-state index in [9.17, 15) is 14.4 Å². The van der Waals surface area contributed by atoms with Gasteiger partial charge in [-0.3, -0.25) is 4.79 Å².